The molecule has 1 heterocycles. The summed E-state index contributed by atoms with van der Waals surface area (Å²) in [5, 5.41) is 8.55. The highest BCUT2D eigenvalue weighted by Crippen LogP contribution is 2.41. The number of fused-ring (bicyclic) bond motifs is 4. The van der Waals surface area contributed by atoms with Crippen LogP contribution in [-0.2, 0) is 0 Å². The van der Waals surface area contributed by atoms with Crippen molar-refractivity contribution >= 4 is 44.1 Å². The minimum Gasteiger partial charge on any atom is -0.456 e. The highest BCUT2D eigenvalue weighted by atomic mass is 16.3. The molecule has 2 heteroatoms. The molecule has 0 fully saturated rings. The highest BCUT2D eigenvalue weighted by molar-refractivity contribution is 6.08. The minimum absolute atomic E-state index is 0.897. The van der Waals surface area contributed by atoms with Gasteiger partial charge in [-0.15, -0.1) is 0 Å². The second-order valence-electron chi connectivity index (χ2n) is 10.6. The quantitative estimate of drug-likeness (QED) is 0.236. The van der Waals surface area contributed by atoms with Gasteiger partial charge >= 0.3 is 0 Å². The van der Waals surface area contributed by atoms with E-state index in [2.05, 4.69) is 151 Å². The lowest BCUT2D eigenvalue weighted by Gasteiger charge is -2.18. The maximum absolute atomic E-state index is 6.21. The molecule has 8 aromatic rings. The fourth-order valence-electron chi connectivity index (χ4n) is 6.11. The normalized spacial score (nSPS) is 11.3. The SMILES string of the molecule is c1ccc(-c2ccc(-c3ccccc3Nc3ccccc3-c3ccc4c(c3)oc3ccccc34)c3ccccc23)cc1. The van der Waals surface area contributed by atoms with Gasteiger partial charge in [0, 0.05) is 33.3 Å². The Hall–Kier alpha value is -5.60. The molecule has 0 spiro atoms. The Morgan fingerprint density at radius 3 is 1.71 bits per heavy atom. The van der Waals surface area contributed by atoms with Crippen molar-refractivity contribution in [1.82, 2.24) is 0 Å². The van der Waals surface area contributed by atoms with Crippen LogP contribution in [0.1, 0.15) is 0 Å². The number of para-hydroxylation sites is 3. The number of hydrogen-bond donors (Lipinski definition) is 1. The van der Waals surface area contributed by atoms with Gasteiger partial charge in [-0.1, -0.05) is 127 Å². The van der Waals surface area contributed by atoms with Gasteiger partial charge < -0.3 is 9.73 Å². The Kier molecular flexibility index (Phi) is 5.82. The molecule has 2 nitrogen and oxygen atoms in total. The fraction of sp³-hybridized carbons (Fsp3) is 0. The predicted octanol–water partition coefficient (Wildman–Crippen LogP) is 11.5. The van der Waals surface area contributed by atoms with E-state index < -0.39 is 0 Å². The lowest BCUT2D eigenvalue weighted by Crippen LogP contribution is -1.96. The summed E-state index contributed by atoms with van der Waals surface area (Å²) < 4.78 is 6.21. The van der Waals surface area contributed by atoms with Crippen molar-refractivity contribution < 1.29 is 4.42 Å². The lowest BCUT2D eigenvalue weighted by molar-refractivity contribution is 0.669. The molecular formula is C40H27NO. The molecule has 7 aromatic carbocycles. The molecule has 1 aromatic heterocycles. The van der Waals surface area contributed by atoms with Gasteiger partial charge in [0.2, 0.25) is 0 Å². The zero-order valence-corrected chi connectivity index (χ0v) is 22.9. The summed E-state index contributed by atoms with van der Waals surface area (Å²) in [5.41, 5.74) is 11.0. The van der Waals surface area contributed by atoms with Gasteiger partial charge in [-0.25, -0.2) is 0 Å². The second kappa shape index (κ2) is 10.1. The van der Waals surface area contributed by atoms with Crippen molar-refractivity contribution in [3.63, 3.8) is 0 Å². The van der Waals surface area contributed by atoms with Gasteiger partial charge in [0.25, 0.3) is 0 Å². The van der Waals surface area contributed by atoms with E-state index in [0.29, 0.717) is 0 Å². The Morgan fingerprint density at radius 1 is 0.333 bits per heavy atom. The minimum atomic E-state index is 0.897. The molecule has 0 amide bonds. The van der Waals surface area contributed by atoms with Gasteiger partial charge in [-0.05, 0) is 63.4 Å². The summed E-state index contributed by atoms with van der Waals surface area (Å²) in [7, 11) is 0. The summed E-state index contributed by atoms with van der Waals surface area (Å²) in [4.78, 5) is 0. The van der Waals surface area contributed by atoms with Crippen LogP contribution in [0.3, 0.4) is 0 Å². The van der Waals surface area contributed by atoms with E-state index in [4.69, 9.17) is 4.42 Å². The molecule has 0 atom stereocenters. The van der Waals surface area contributed by atoms with Gasteiger partial charge in [-0.3, -0.25) is 0 Å². The second-order valence-corrected chi connectivity index (χ2v) is 10.6. The molecule has 0 aliphatic heterocycles. The van der Waals surface area contributed by atoms with Gasteiger partial charge in [0.1, 0.15) is 11.2 Å². The molecule has 0 aliphatic carbocycles. The van der Waals surface area contributed by atoms with Crippen molar-refractivity contribution in [3.05, 3.63) is 158 Å². The van der Waals surface area contributed by atoms with Crippen LogP contribution in [0.5, 0.6) is 0 Å². The molecule has 42 heavy (non-hydrogen) atoms. The Morgan fingerprint density at radius 2 is 0.905 bits per heavy atom. The molecule has 0 aliphatic rings. The van der Waals surface area contributed by atoms with Gasteiger partial charge in [0.05, 0.1) is 0 Å². The number of nitrogens with one attached hydrogen (secondary N) is 1. The van der Waals surface area contributed by atoms with Crippen LogP contribution < -0.4 is 5.32 Å². The van der Waals surface area contributed by atoms with Crippen LogP contribution in [0.25, 0.3) is 66.1 Å². The average Bonchev–Trinajstić information content (AvgIpc) is 3.43. The smallest absolute Gasteiger partial charge is 0.136 e. The Labute approximate surface area is 244 Å². The maximum Gasteiger partial charge on any atom is 0.136 e. The summed E-state index contributed by atoms with van der Waals surface area (Å²) >= 11 is 0. The zero-order chi connectivity index (χ0) is 27.9. The van der Waals surface area contributed by atoms with E-state index in [-0.39, 0.29) is 0 Å². The molecule has 0 saturated heterocycles. The molecule has 0 unspecified atom stereocenters. The van der Waals surface area contributed by atoms with Crippen molar-refractivity contribution in [2.24, 2.45) is 0 Å². The fourth-order valence-corrected chi connectivity index (χ4v) is 6.11. The summed E-state index contributed by atoms with van der Waals surface area (Å²) in [5.74, 6) is 0. The first-order valence-electron chi connectivity index (χ1n) is 14.3. The number of anilines is 2. The third-order valence-corrected chi connectivity index (χ3v) is 8.11. The third-order valence-electron chi connectivity index (χ3n) is 8.11. The predicted molar refractivity (Wildman–Crippen MR) is 177 cm³/mol. The van der Waals surface area contributed by atoms with Crippen LogP contribution in [0.4, 0.5) is 11.4 Å². The lowest BCUT2D eigenvalue weighted by atomic mass is 9.91. The molecule has 0 radical (unpaired) electrons. The number of rotatable bonds is 5. The standard InChI is InChI=1S/C40H27NO/c1-2-12-27(13-3-1)29-24-25-33(32-16-5-4-15-31(29)32)34-17-7-10-20-38(34)41-37-19-9-6-14-30(37)28-22-23-36-35-18-8-11-21-39(35)42-40(36)26-28/h1-26,41H. The topological polar surface area (TPSA) is 25.2 Å². The van der Waals surface area contributed by atoms with E-state index in [1.807, 2.05) is 12.1 Å². The number of furan rings is 1. The van der Waals surface area contributed by atoms with Crippen molar-refractivity contribution in [2.45, 2.75) is 0 Å². The summed E-state index contributed by atoms with van der Waals surface area (Å²) in [6, 6.07) is 55.6. The number of hydrogen-bond acceptors (Lipinski definition) is 2. The van der Waals surface area contributed by atoms with Crippen molar-refractivity contribution in [1.29, 1.82) is 0 Å². The first-order valence-corrected chi connectivity index (χ1v) is 14.3. The van der Waals surface area contributed by atoms with Crippen LogP contribution in [0, 0.1) is 0 Å². The van der Waals surface area contributed by atoms with Crippen LogP contribution in [0.15, 0.2) is 162 Å². The van der Waals surface area contributed by atoms with Crippen LogP contribution >= 0.6 is 0 Å². The number of benzene rings is 7. The van der Waals surface area contributed by atoms with E-state index in [1.165, 1.54) is 27.5 Å². The van der Waals surface area contributed by atoms with Crippen molar-refractivity contribution in [3.8, 4) is 33.4 Å². The first-order chi connectivity index (χ1) is 20.8. The van der Waals surface area contributed by atoms with Gasteiger partial charge in [0.15, 0.2) is 0 Å². The molecular weight excluding hydrogens is 510 g/mol. The highest BCUT2D eigenvalue weighted by Gasteiger charge is 2.14. The first kappa shape index (κ1) is 24.2. The van der Waals surface area contributed by atoms with Crippen LogP contribution in [0.2, 0.25) is 0 Å². The summed E-state index contributed by atoms with van der Waals surface area (Å²) in [6.07, 6.45) is 0. The largest absolute Gasteiger partial charge is 0.456 e. The molecule has 0 saturated carbocycles. The van der Waals surface area contributed by atoms with E-state index in [9.17, 15) is 0 Å². The molecule has 1 N–H and O–H groups in total. The zero-order valence-electron chi connectivity index (χ0n) is 22.9. The molecule has 8 rings (SSSR count). The Balaban J connectivity index is 1.22. The van der Waals surface area contributed by atoms with Crippen molar-refractivity contribution in [2.75, 3.05) is 5.32 Å². The van der Waals surface area contributed by atoms with Gasteiger partial charge in [-0.2, -0.15) is 0 Å². The molecule has 198 valence electrons. The van der Waals surface area contributed by atoms with E-state index >= 15 is 0 Å². The maximum atomic E-state index is 6.21. The van der Waals surface area contributed by atoms with E-state index in [0.717, 1.165) is 50.0 Å². The van der Waals surface area contributed by atoms with Crippen LogP contribution in [-0.4, -0.2) is 0 Å². The van der Waals surface area contributed by atoms with E-state index in [1.54, 1.807) is 0 Å². The third kappa shape index (κ3) is 4.13. The Bertz CT molecular complexity index is 2230. The average molecular weight is 538 g/mol. The monoisotopic (exact) mass is 537 g/mol. The summed E-state index contributed by atoms with van der Waals surface area (Å²) in [6.45, 7) is 0. The molecule has 0 bridgehead atoms.